The molecule has 1 aliphatic rings. The van der Waals surface area contributed by atoms with Gasteiger partial charge in [0.1, 0.15) is 0 Å². The molecule has 2 amide bonds. The Kier molecular flexibility index (Phi) is 2.85. The smallest absolute Gasteiger partial charge is 0.358 e. The van der Waals surface area contributed by atoms with Gasteiger partial charge in [0, 0.05) is 0 Å². The molecule has 0 fully saturated rings. The monoisotopic (exact) mass is 200 g/mol. The molecule has 6 heteroatoms. The van der Waals surface area contributed by atoms with Crippen LogP contribution in [0.2, 0.25) is 0 Å². The molecule has 5 nitrogen and oxygen atoms in total. The van der Waals surface area contributed by atoms with Gasteiger partial charge in [-0.1, -0.05) is 6.58 Å². The number of rotatable bonds is 2. The first-order chi connectivity index (χ1) is 6.56. The van der Waals surface area contributed by atoms with Gasteiger partial charge in [-0.15, -0.1) is 0 Å². The lowest BCUT2D eigenvalue weighted by molar-refractivity contribution is -0.139. The maximum Gasteiger partial charge on any atom is 0.358 e. The average molecular weight is 200 g/mol. The third kappa shape index (κ3) is 1.90. The van der Waals surface area contributed by atoms with Crippen molar-refractivity contribution < 1.29 is 18.7 Å². The van der Waals surface area contributed by atoms with E-state index in [0.717, 1.165) is 0 Å². The molecular formula is C8H9FN2O3. The Labute approximate surface area is 79.6 Å². The lowest BCUT2D eigenvalue weighted by Gasteiger charge is -2.17. The fourth-order valence-electron chi connectivity index (χ4n) is 0.886. The first-order valence-corrected chi connectivity index (χ1v) is 3.90. The zero-order chi connectivity index (χ0) is 10.7. The summed E-state index contributed by atoms with van der Waals surface area (Å²) in [4.78, 5) is 21.9. The number of amides is 2. The Bertz CT molecular complexity index is 335. The molecule has 0 aromatic heterocycles. The molecule has 0 saturated carbocycles. The van der Waals surface area contributed by atoms with Crippen molar-refractivity contribution in [3.63, 3.8) is 0 Å². The van der Waals surface area contributed by atoms with Crippen LogP contribution in [-0.2, 0) is 9.53 Å². The molecular weight excluding hydrogens is 191 g/mol. The third-order valence-corrected chi connectivity index (χ3v) is 1.47. The summed E-state index contributed by atoms with van der Waals surface area (Å²) < 4.78 is 17.7. The minimum atomic E-state index is -0.916. The number of carbonyl (C=O) groups excluding carboxylic acids is 2. The van der Waals surface area contributed by atoms with Gasteiger partial charge in [-0.3, -0.25) is 5.32 Å². The Balaban J connectivity index is 2.94. The molecule has 0 bridgehead atoms. The van der Waals surface area contributed by atoms with Crippen molar-refractivity contribution in [1.29, 1.82) is 0 Å². The van der Waals surface area contributed by atoms with Crippen molar-refractivity contribution in [1.82, 2.24) is 10.6 Å². The quantitative estimate of drug-likeness (QED) is 0.640. The minimum absolute atomic E-state index is 0.103. The van der Waals surface area contributed by atoms with Crippen LogP contribution < -0.4 is 10.6 Å². The average Bonchev–Trinajstić information content (AvgIpc) is 2.11. The normalized spacial score (nSPS) is 16.1. The lowest BCUT2D eigenvalue weighted by atomic mass is 10.3. The zero-order valence-corrected chi connectivity index (χ0v) is 7.52. The van der Waals surface area contributed by atoms with Gasteiger partial charge < -0.3 is 10.1 Å². The van der Waals surface area contributed by atoms with E-state index < -0.39 is 23.5 Å². The van der Waals surface area contributed by atoms with Gasteiger partial charge >= 0.3 is 12.0 Å². The van der Waals surface area contributed by atoms with Crippen molar-refractivity contribution in [2.24, 2.45) is 0 Å². The van der Waals surface area contributed by atoms with E-state index >= 15 is 0 Å². The summed E-state index contributed by atoms with van der Waals surface area (Å²) in [5, 5.41) is 4.07. The van der Waals surface area contributed by atoms with Crippen LogP contribution in [0.15, 0.2) is 23.8 Å². The van der Waals surface area contributed by atoms with Gasteiger partial charge in [-0.2, -0.15) is 0 Å². The maximum absolute atomic E-state index is 13.2. The summed E-state index contributed by atoms with van der Waals surface area (Å²) in [5.41, 5.74) is -0.766. The molecule has 0 saturated heterocycles. The SMILES string of the molecule is C=C1NC(=O)NC(C(=O)OCC)=C1F. The van der Waals surface area contributed by atoms with Crippen molar-refractivity contribution in [3.8, 4) is 0 Å². The van der Waals surface area contributed by atoms with Gasteiger partial charge in [0.15, 0.2) is 11.5 Å². The molecule has 0 aromatic rings. The molecule has 0 spiro atoms. The Morgan fingerprint density at radius 2 is 2.21 bits per heavy atom. The molecule has 76 valence electrons. The molecule has 0 unspecified atom stereocenters. The van der Waals surface area contributed by atoms with Crippen LogP contribution in [-0.4, -0.2) is 18.6 Å². The topological polar surface area (TPSA) is 67.4 Å². The number of carbonyl (C=O) groups is 2. The fraction of sp³-hybridized carbons (Fsp3) is 0.250. The molecule has 0 aliphatic carbocycles. The van der Waals surface area contributed by atoms with E-state index in [1.165, 1.54) is 0 Å². The highest BCUT2D eigenvalue weighted by molar-refractivity contribution is 5.96. The van der Waals surface area contributed by atoms with Gasteiger partial charge in [0.25, 0.3) is 0 Å². The second-order valence-corrected chi connectivity index (χ2v) is 2.47. The minimum Gasteiger partial charge on any atom is -0.461 e. The first-order valence-electron chi connectivity index (χ1n) is 3.90. The number of halogens is 1. The highest BCUT2D eigenvalue weighted by Crippen LogP contribution is 2.15. The number of hydrogen-bond donors (Lipinski definition) is 2. The summed E-state index contributed by atoms with van der Waals surface area (Å²) in [7, 11) is 0. The first kappa shape index (κ1) is 10.2. The van der Waals surface area contributed by atoms with Gasteiger partial charge in [-0.05, 0) is 6.92 Å². The second-order valence-electron chi connectivity index (χ2n) is 2.47. The van der Waals surface area contributed by atoms with E-state index in [1.54, 1.807) is 6.92 Å². The van der Waals surface area contributed by atoms with Crippen LogP contribution in [0.4, 0.5) is 9.18 Å². The molecule has 14 heavy (non-hydrogen) atoms. The van der Waals surface area contributed by atoms with Crippen LogP contribution in [0, 0.1) is 0 Å². The number of esters is 1. The molecule has 0 aromatic carbocycles. The van der Waals surface area contributed by atoms with Crippen LogP contribution in [0.5, 0.6) is 0 Å². The van der Waals surface area contributed by atoms with E-state index in [2.05, 4.69) is 16.6 Å². The van der Waals surface area contributed by atoms with Crippen molar-refractivity contribution in [2.75, 3.05) is 6.61 Å². The summed E-state index contributed by atoms with van der Waals surface area (Å²) >= 11 is 0. The largest absolute Gasteiger partial charge is 0.461 e. The zero-order valence-electron chi connectivity index (χ0n) is 7.52. The van der Waals surface area contributed by atoms with Gasteiger partial charge in [-0.25, -0.2) is 14.0 Å². The van der Waals surface area contributed by atoms with Crippen molar-refractivity contribution >= 4 is 12.0 Å². The Hall–Kier alpha value is -1.85. The molecule has 1 aliphatic heterocycles. The molecule has 2 N–H and O–H groups in total. The number of urea groups is 1. The third-order valence-electron chi connectivity index (χ3n) is 1.47. The van der Waals surface area contributed by atoms with Crippen LogP contribution >= 0.6 is 0 Å². The molecule has 1 rings (SSSR count). The van der Waals surface area contributed by atoms with Gasteiger partial charge in [0.2, 0.25) is 0 Å². The standard InChI is InChI=1S/C8H9FN2O3/c1-3-14-7(12)6-5(9)4(2)10-8(13)11-6/h2-3H2,1H3,(H2,10,11,13). The summed E-state index contributed by atoms with van der Waals surface area (Å²) in [6.07, 6.45) is 0. The van der Waals surface area contributed by atoms with Crippen LogP contribution in [0.25, 0.3) is 0 Å². The van der Waals surface area contributed by atoms with E-state index in [9.17, 15) is 14.0 Å². The predicted molar refractivity (Wildman–Crippen MR) is 45.6 cm³/mol. The number of hydrogen-bond acceptors (Lipinski definition) is 3. The number of nitrogens with one attached hydrogen (secondary N) is 2. The highest BCUT2D eigenvalue weighted by Gasteiger charge is 2.26. The second kappa shape index (κ2) is 3.91. The van der Waals surface area contributed by atoms with E-state index in [4.69, 9.17) is 0 Å². The highest BCUT2D eigenvalue weighted by atomic mass is 19.1. The van der Waals surface area contributed by atoms with E-state index in [1.807, 2.05) is 5.32 Å². The fourth-order valence-corrected chi connectivity index (χ4v) is 0.886. The van der Waals surface area contributed by atoms with Crippen molar-refractivity contribution in [3.05, 3.63) is 23.8 Å². The number of ether oxygens (including phenoxy) is 1. The summed E-state index contributed by atoms with van der Waals surface area (Å²) in [6, 6.07) is -0.709. The molecule has 0 radical (unpaired) electrons. The maximum atomic E-state index is 13.2. The van der Waals surface area contributed by atoms with Crippen molar-refractivity contribution in [2.45, 2.75) is 6.92 Å². The Morgan fingerprint density at radius 1 is 1.57 bits per heavy atom. The van der Waals surface area contributed by atoms with Crippen LogP contribution in [0.3, 0.4) is 0 Å². The Morgan fingerprint density at radius 3 is 2.79 bits per heavy atom. The lowest BCUT2D eigenvalue weighted by Crippen LogP contribution is -2.42. The summed E-state index contributed by atoms with van der Waals surface area (Å²) in [5.74, 6) is -1.83. The molecule has 1 heterocycles. The van der Waals surface area contributed by atoms with Gasteiger partial charge in [0.05, 0.1) is 12.3 Å². The van der Waals surface area contributed by atoms with Crippen LogP contribution in [0.1, 0.15) is 6.92 Å². The molecule has 0 atom stereocenters. The predicted octanol–water partition coefficient (Wildman–Crippen LogP) is 0.557. The number of allylic oxidation sites excluding steroid dienone is 1. The summed E-state index contributed by atoms with van der Waals surface area (Å²) in [6.45, 7) is 4.91. The van der Waals surface area contributed by atoms with E-state index in [0.29, 0.717) is 0 Å². The van der Waals surface area contributed by atoms with E-state index in [-0.39, 0.29) is 12.3 Å².